The molecule has 5 heteroatoms. The molecule has 1 unspecified atom stereocenters. The molecule has 1 aromatic carbocycles. The first-order chi connectivity index (χ1) is 7.13. The predicted molar refractivity (Wildman–Crippen MR) is 65.5 cm³/mol. The Kier molecular flexibility index (Phi) is 5.39. The zero-order chi connectivity index (χ0) is 11.3. The molecule has 0 saturated carbocycles. The third-order valence-corrected chi connectivity index (χ3v) is 3.05. The molecule has 0 aliphatic carbocycles. The summed E-state index contributed by atoms with van der Waals surface area (Å²) in [6.07, 6.45) is -0.516. The summed E-state index contributed by atoms with van der Waals surface area (Å²) < 4.78 is 5.67. The van der Waals surface area contributed by atoms with Crippen molar-refractivity contribution < 1.29 is 9.84 Å². The molecule has 2 N–H and O–H groups in total. The van der Waals surface area contributed by atoms with Gasteiger partial charge in [-0.1, -0.05) is 11.6 Å². The first kappa shape index (κ1) is 12.8. The molecule has 0 saturated heterocycles. The smallest absolute Gasteiger partial charge is 0.0945 e. The maximum atomic E-state index is 9.40. The van der Waals surface area contributed by atoms with E-state index in [4.69, 9.17) is 16.3 Å². The number of ether oxygens (including phenoxy) is 1. The highest BCUT2D eigenvalue weighted by Gasteiger charge is 2.03. The van der Waals surface area contributed by atoms with Gasteiger partial charge in [-0.15, -0.1) is 0 Å². The van der Waals surface area contributed by atoms with E-state index in [-0.39, 0.29) is 0 Å². The van der Waals surface area contributed by atoms with Crippen molar-refractivity contribution in [3.63, 3.8) is 0 Å². The second-order valence-corrected chi connectivity index (χ2v) is 4.38. The highest BCUT2D eigenvalue weighted by atomic mass is 79.9. The van der Waals surface area contributed by atoms with Gasteiger partial charge >= 0.3 is 0 Å². The highest BCUT2D eigenvalue weighted by Crippen LogP contribution is 2.25. The van der Waals surface area contributed by atoms with Gasteiger partial charge in [-0.3, -0.25) is 0 Å². The lowest BCUT2D eigenvalue weighted by Crippen LogP contribution is -2.24. The van der Waals surface area contributed by atoms with Gasteiger partial charge in [0, 0.05) is 23.8 Å². The second-order valence-electron chi connectivity index (χ2n) is 3.12. The van der Waals surface area contributed by atoms with E-state index in [1.54, 1.807) is 13.2 Å². The quantitative estimate of drug-likeness (QED) is 0.877. The summed E-state index contributed by atoms with van der Waals surface area (Å²) in [6, 6.07) is 5.54. The standard InChI is InChI=1S/C10H13BrClNO2/c1-15-6-8(14)5-13-7-2-3-9(11)10(12)4-7/h2-4,8,13-14H,5-6H2,1H3. The minimum Gasteiger partial charge on any atom is -0.389 e. The Balaban J connectivity index is 2.47. The topological polar surface area (TPSA) is 41.5 Å². The van der Waals surface area contributed by atoms with Crippen molar-refractivity contribution in [1.29, 1.82) is 0 Å². The molecule has 0 spiro atoms. The summed E-state index contributed by atoms with van der Waals surface area (Å²) in [4.78, 5) is 0. The number of benzene rings is 1. The van der Waals surface area contributed by atoms with Gasteiger partial charge in [0.15, 0.2) is 0 Å². The number of nitrogens with one attached hydrogen (secondary N) is 1. The Morgan fingerprint density at radius 2 is 2.33 bits per heavy atom. The van der Waals surface area contributed by atoms with E-state index in [0.29, 0.717) is 18.2 Å². The molecule has 0 aliphatic heterocycles. The van der Waals surface area contributed by atoms with Gasteiger partial charge in [0.2, 0.25) is 0 Å². The minimum absolute atomic E-state index is 0.317. The Morgan fingerprint density at radius 1 is 1.60 bits per heavy atom. The van der Waals surface area contributed by atoms with Crippen molar-refractivity contribution in [1.82, 2.24) is 0 Å². The zero-order valence-corrected chi connectivity index (χ0v) is 10.7. The van der Waals surface area contributed by atoms with Crippen LogP contribution in [0.1, 0.15) is 0 Å². The Hall–Kier alpha value is -0.290. The normalized spacial score (nSPS) is 12.5. The van der Waals surface area contributed by atoms with Crippen LogP contribution in [0.15, 0.2) is 22.7 Å². The van der Waals surface area contributed by atoms with E-state index >= 15 is 0 Å². The fraction of sp³-hybridized carbons (Fsp3) is 0.400. The largest absolute Gasteiger partial charge is 0.389 e. The van der Waals surface area contributed by atoms with Gasteiger partial charge < -0.3 is 15.2 Å². The third kappa shape index (κ3) is 4.38. The Bertz CT molecular complexity index is 322. The van der Waals surface area contributed by atoms with Crippen LogP contribution in [0.4, 0.5) is 5.69 Å². The minimum atomic E-state index is -0.516. The number of anilines is 1. The van der Waals surface area contributed by atoms with Crippen LogP contribution in [0.5, 0.6) is 0 Å². The number of hydrogen-bond donors (Lipinski definition) is 2. The number of halogens is 2. The highest BCUT2D eigenvalue weighted by molar-refractivity contribution is 9.10. The SMILES string of the molecule is COCC(O)CNc1ccc(Br)c(Cl)c1. The van der Waals surface area contributed by atoms with Gasteiger partial charge in [-0.2, -0.15) is 0 Å². The molecule has 0 aliphatic rings. The fourth-order valence-corrected chi connectivity index (χ4v) is 1.52. The lowest BCUT2D eigenvalue weighted by Gasteiger charge is -2.12. The number of hydrogen-bond acceptors (Lipinski definition) is 3. The van der Waals surface area contributed by atoms with Crippen molar-refractivity contribution in [2.75, 3.05) is 25.6 Å². The van der Waals surface area contributed by atoms with Crippen LogP contribution in [-0.2, 0) is 4.74 Å². The molecule has 84 valence electrons. The van der Waals surface area contributed by atoms with E-state index in [1.165, 1.54) is 0 Å². The van der Waals surface area contributed by atoms with Crippen LogP contribution >= 0.6 is 27.5 Å². The second kappa shape index (κ2) is 6.33. The molecular weight excluding hydrogens is 281 g/mol. The Morgan fingerprint density at radius 3 is 2.93 bits per heavy atom. The van der Waals surface area contributed by atoms with Gasteiger partial charge in [-0.25, -0.2) is 0 Å². The van der Waals surface area contributed by atoms with Crippen LogP contribution in [0.25, 0.3) is 0 Å². The number of rotatable bonds is 5. The number of aliphatic hydroxyl groups excluding tert-OH is 1. The first-order valence-corrected chi connectivity index (χ1v) is 5.66. The van der Waals surface area contributed by atoms with Crippen LogP contribution in [0.3, 0.4) is 0 Å². The van der Waals surface area contributed by atoms with Gasteiger partial charge in [0.25, 0.3) is 0 Å². The van der Waals surface area contributed by atoms with Crippen LogP contribution in [0.2, 0.25) is 5.02 Å². The molecule has 0 amide bonds. The molecule has 0 heterocycles. The third-order valence-electron chi connectivity index (χ3n) is 1.82. The van der Waals surface area contributed by atoms with Crippen LogP contribution in [-0.4, -0.2) is 31.5 Å². The maximum absolute atomic E-state index is 9.40. The molecule has 0 fully saturated rings. The van der Waals surface area contributed by atoms with Gasteiger partial charge in [0.05, 0.1) is 17.7 Å². The van der Waals surface area contributed by atoms with Crippen molar-refractivity contribution in [2.24, 2.45) is 0 Å². The average Bonchev–Trinajstić information content (AvgIpc) is 2.20. The van der Waals surface area contributed by atoms with Gasteiger partial charge in [0.1, 0.15) is 0 Å². The average molecular weight is 295 g/mol. The first-order valence-electron chi connectivity index (χ1n) is 4.49. The molecule has 0 aromatic heterocycles. The van der Waals surface area contributed by atoms with Crippen molar-refractivity contribution >= 4 is 33.2 Å². The molecule has 0 bridgehead atoms. The monoisotopic (exact) mass is 293 g/mol. The summed E-state index contributed by atoms with van der Waals surface area (Å²) in [5.74, 6) is 0. The molecule has 1 rings (SSSR count). The van der Waals surface area contributed by atoms with Crippen molar-refractivity contribution in [2.45, 2.75) is 6.10 Å². The van der Waals surface area contributed by atoms with Crippen LogP contribution in [0, 0.1) is 0 Å². The molecule has 1 atom stereocenters. The summed E-state index contributed by atoms with van der Waals surface area (Å²) in [7, 11) is 1.56. The van der Waals surface area contributed by atoms with Crippen molar-refractivity contribution in [3.8, 4) is 0 Å². The summed E-state index contributed by atoms with van der Waals surface area (Å²) in [5, 5.41) is 13.1. The number of aliphatic hydroxyl groups is 1. The van der Waals surface area contributed by atoms with Crippen molar-refractivity contribution in [3.05, 3.63) is 27.7 Å². The van der Waals surface area contributed by atoms with Crippen LogP contribution < -0.4 is 5.32 Å². The zero-order valence-electron chi connectivity index (χ0n) is 8.34. The fourth-order valence-electron chi connectivity index (χ4n) is 1.09. The predicted octanol–water partition coefficient (Wildman–Crippen LogP) is 2.52. The molecular formula is C10H13BrClNO2. The lowest BCUT2D eigenvalue weighted by molar-refractivity contribution is 0.0727. The summed E-state index contributed by atoms with van der Waals surface area (Å²) in [5.41, 5.74) is 0.873. The Labute approximate surface area is 103 Å². The van der Waals surface area contributed by atoms with E-state index in [9.17, 15) is 5.11 Å². The summed E-state index contributed by atoms with van der Waals surface area (Å²) >= 11 is 9.22. The molecule has 3 nitrogen and oxygen atoms in total. The van der Waals surface area contributed by atoms with E-state index in [2.05, 4.69) is 21.2 Å². The lowest BCUT2D eigenvalue weighted by atomic mass is 10.3. The van der Waals surface area contributed by atoms with E-state index in [0.717, 1.165) is 10.2 Å². The summed E-state index contributed by atoms with van der Waals surface area (Å²) in [6.45, 7) is 0.753. The maximum Gasteiger partial charge on any atom is 0.0945 e. The number of methoxy groups -OCH3 is 1. The van der Waals surface area contributed by atoms with E-state index in [1.807, 2.05) is 12.1 Å². The van der Waals surface area contributed by atoms with Gasteiger partial charge in [-0.05, 0) is 34.1 Å². The molecule has 0 radical (unpaired) electrons. The molecule has 1 aromatic rings. The molecule has 15 heavy (non-hydrogen) atoms. The van der Waals surface area contributed by atoms with E-state index < -0.39 is 6.10 Å².